The third-order valence-electron chi connectivity index (χ3n) is 6.22. The van der Waals surface area contributed by atoms with Crippen molar-refractivity contribution in [1.29, 1.82) is 0 Å². The first-order valence-corrected chi connectivity index (χ1v) is 12.8. The molecular weight excluding hydrogens is 414 g/mol. The van der Waals surface area contributed by atoms with Crippen LogP contribution in [0.3, 0.4) is 0 Å². The van der Waals surface area contributed by atoms with Crippen molar-refractivity contribution in [3.05, 3.63) is 46.5 Å². The second-order valence-electron chi connectivity index (χ2n) is 8.31. The number of thioether (sulfide) groups is 1. The van der Waals surface area contributed by atoms with Gasteiger partial charge in [0.2, 0.25) is 0 Å². The zero-order chi connectivity index (χ0) is 20.8. The van der Waals surface area contributed by atoms with Crippen molar-refractivity contribution >= 4 is 29.0 Å². The second-order valence-corrected chi connectivity index (χ2v) is 10.4. The summed E-state index contributed by atoms with van der Waals surface area (Å²) in [6.45, 7) is 6.30. The van der Waals surface area contributed by atoms with Gasteiger partial charge in [-0.25, -0.2) is 4.98 Å². The SMILES string of the molecule is Cc1csc(SCc2ccc(C(=O)NCC3(N4CCOCC4)CCCCC3)cc2)n1. The van der Waals surface area contributed by atoms with Crippen LogP contribution < -0.4 is 5.32 Å². The van der Waals surface area contributed by atoms with Crippen LogP contribution in [-0.4, -0.2) is 54.2 Å². The number of aryl methyl sites for hydroxylation is 1. The van der Waals surface area contributed by atoms with Crippen molar-refractivity contribution in [1.82, 2.24) is 15.2 Å². The number of carbonyl (C=O) groups is 1. The molecule has 1 amide bonds. The molecule has 0 unspecified atom stereocenters. The molecular formula is C23H31N3O2S2. The molecule has 1 aromatic heterocycles. The van der Waals surface area contributed by atoms with Crippen LogP contribution in [0.4, 0.5) is 0 Å². The average Bonchev–Trinajstić information content (AvgIpc) is 3.23. The summed E-state index contributed by atoms with van der Waals surface area (Å²) < 4.78 is 6.65. The minimum Gasteiger partial charge on any atom is -0.379 e. The van der Waals surface area contributed by atoms with E-state index in [-0.39, 0.29) is 11.4 Å². The van der Waals surface area contributed by atoms with E-state index >= 15 is 0 Å². The number of thiazole rings is 1. The number of benzene rings is 1. The maximum Gasteiger partial charge on any atom is 0.251 e. The highest BCUT2D eigenvalue weighted by atomic mass is 32.2. The van der Waals surface area contributed by atoms with Gasteiger partial charge < -0.3 is 10.1 Å². The molecule has 2 heterocycles. The van der Waals surface area contributed by atoms with E-state index in [2.05, 4.69) is 32.7 Å². The largest absolute Gasteiger partial charge is 0.379 e. The van der Waals surface area contributed by atoms with Gasteiger partial charge in [0.15, 0.2) is 0 Å². The fourth-order valence-corrected chi connectivity index (χ4v) is 6.30. The summed E-state index contributed by atoms with van der Waals surface area (Å²) in [5.74, 6) is 0.901. The van der Waals surface area contributed by atoms with Gasteiger partial charge in [0.25, 0.3) is 5.91 Å². The first-order chi connectivity index (χ1) is 14.6. The summed E-state index contributed by atoms with van der Waals surface area (Å²) in [5, 5.41) is 5.33. The van der Waals surface area contributed by atoms with E-state index in [9.17, 15) is 4.79 Å². The van der Waals surface area contributed by atoms with Gasteiger partial charge in [0, 0.05) is 47.6 Å². The fraction of sp³-hybridized carbons (Fsp3) is 0.565. The summed E-state index contributed by atoms with van der Waals surface area (Å²) in [6.07, 6.45) is 6.13. The zero-order valence-electron chi connectivity index (χ0n) is 17.7. The summed E-state index contributed by atoms with van der Waals surface area (Å²) in [6, 6.07) is 8.00. The van der Waals surface area contributed by atoms with Crippen LogP contribution in [0, 0.1) is 6.92 Å². The molecule has 1 N–H and O–H groups in total. The van der Waals surface area contributed by atoms with Gasteiger partial charge in [-0.3, -0.25) is 9.69 Å². The molecule has 162 valence electrons. The van der Waals surface area contributed by atoms with Crippen LogP contribution in [0.25, 0.3) is 0 Å². The molecule has 7 heteroatoms. The molecule has 0 spiro atoms. The Balaban J connectivity index is 1.33. The fourth-order valence-electron chi connectivity index (χ4n) is 4.50. The number of aromatic nitrogens is 1. The molecule has 0 bridgehead atoms. The first kappa shape index (κ1) is 21.8. The topological polar surface area (TPSA) is 54.5 Å². The molecule has 1 aliphatic heterocycles. The Kier molecular flexibility index (Phi) is 7.46. The molecule has 0 radical (unpaired) electrons. The van der Waals surface area contributed by atoms with Crippen molar-refractivity contribution in [2.24, 2.45) is 0 Å². The number of ether oxygens (including phenoxy) is 1. The number of hydrogen-bond donors (Lipinski definition) is 1. The summed E-state index contributed by atoms with van der Waals surface area (Å²) in [4.78, 5) is 19.9. The van der Waals surface area contributed by atoms with Gasteiger partial charge in [0.1, 0.15) is 4.34 Å². The average molecular weight is 446 g/mol. The molecule has 30 heavy (non-hydrogen) atoms. The van der Waals surface area contributed by atoms with Crippen molar-refractivity contribution < 1.29 is 9.53 Å². The minimum atomic E-state index is 0.0305. The van der Waals surface area contributed by atoms with Crippen LogP contribution in [0.2, 0.25) is 0 Å². The lowest BCUT2D eigenvalue weighted by Crippen LogP contribution is -2.59. The Morgan fingerprint density at radius 3 is 2.60 bits per heavy atom. The van der Waals surface area contributed by atoms with Crippen molar-refractivity contribution in [3.8, 4) is 0 Å². The lowest BCUT2D eigenvalue weighted by molar-refractivity contribution is -0.0361. The monoisotopic (exact) mass is 445 g/mol. The summed E-state index contributed by atoms with van der Waals surface area (Å²) >= 11 is 3.43. The van der Waals surface area contributed by atoms with Crippen molar-refractivity contribution in [3.63, 3.8) is 0 Å². The smallest absolute Gasteiger partial charge is 0.251 e. The number of amides is 1. The molecule has 0 atom stereocenters. The Morgan fingerprint density at radius 2 is 1.93 bits per heavy atom. The quantitative estimate of drug-likeness (QED) is 0.636. The Morgan fingerprint density at radius 1 is 1.20 bits per heavy atom. The molecule has 2 fully saturated rings. The predicted octanol–water partition coefficient (Wildman–Crippen LogP) is 4.51. The van der Waals surface area contributed by atoms with Gasteiger partial charge in [-0.15, -0.1) is 11.3 Å². The van der Waals surface area contributed by atoms with Gasteiger partial charge in [-0.1, -0.05) is 43.2 Å². The van der Waals surface area contributed by atoms with E-state index in [1.54, 1.807) is 23.1 Å². The van der Waals surface area contributed by atoms with Crippen molar-refractivity contribution in [2.45, 2.75) is 54.7 Å². The summed E-state index contributed by atoms with van der Waals surface area (Å²) in [5.41, 5.74) is 3.12. The van der Waals surface area contributed by atoms with Gasteiger partial charge in [0.05, 0.1) is 13.2 Å². The normalized spacial score (nSPS) is 19.5. The Hall–Kier alpha value is -1.41. The molecule has 1 saturated carbocycles. The van der Waals surface area contributed by atoms with Crippen LogP contribution >= 0.6 is 23.1 Å². The highest BCUT2D eigenvalue weighted by molar-refractivity contribution is 8.00. The van der Waals surface area contributed by atoms with E-state index in [1.165, 1.54) is 37.7 Å². The van der Waals surface area contributed by atoms with Gasteiger partial charge in [-0.05, 0) is 37.5 Å². The zero-order valence-corrected chi connectivity index (χ0v) is 19.3. The Bertz CT molecular complexity index is 825. The molecule has 5 nitrogen and oxygen atoms in total. The number of rotatable bonds is 7. The number of morpholine rings is 1. The van der Waals surface area contributed by atoms with E-state index in [1.807, 2.05) is 19.1 Å². The highest BCUT2D eigenvalue weighted by Crippen LogP contribution is 2.34. The lowest BCUT2D eigenvalue weighted by Gasteiger charge is -2.48. The standard InChI is InChI=1S/C23H31N3O2S2/c1-18-15-29-22(25-18)30-16-19-5-7-20(8-6-19)21(27)24-17-23(9-3-2-4-10-23)26-11-13-28-14-12-26/h5-8,15H,2-4,9-14,16-17H2,1H3,(H,24,27). The first-order valence-electron chi connectivity index (χ1n) is 10.9. The second kappa shape index (κ2) is 10.3. The van der Waals surface area contributed by atoms with Crippen LogP contribution in [0.15, 0.2) is 34.0 Å². The highest BCUT2D eigenvalue weighted by Gasteiger charge is 2.38. The maximum atomic E-state index is 12.8. The number of nitrogens with one attached hydrogen (secondary N) is 1. The maximum absolute atomic E-state index is 12.8. The van der Waals surface area contributed by atoms with E-state index < -0.39 is 0 Å². The lowest BCUT2D eigenvalue weighted by atomic mass is 9.79. The van der Waals surface area contributed by atoms with Gasteiger partial charge >= 0.3 is 0 Å². The molecule has 2 aromatic rings. The molecule has 1 aromatic carbocycles. The third-order valence-corrected chi connectivity index (χ3v) is 8.43. The van der Waals surface area contributed by atoms with Crippen LogP contribution in [-0.2, 0) is 10.5 Å². The molecule has 1 saturated heterocycles. The minimum absolute atomic E-state index is 0.0305. The van der Waals surface area contributed by atoms with Gasteiger partial charge in [-0.2, -0.15) is 0 Å². The number of carbonyl (C=O) groups excluding carboxylic acids is 1. The molecule has 2 aliphatic rings. The van der Waals surface area contributed by atoms with Crippen molar-refractivity contribution in [2.75, 3.05) is 32.8 Å². The van der Waals surface area contributed by atoms with E-state index in [0.29, 0.717) is 0 Å². The third kappa shape index (κ3) is 5.44. The van der Waals surface area contributed by atoms with Crippen LogP contribution in [0.5, 0.6) is 0 Å². The molecule has 1 aliphatic carbocycles. The van der Waals surface area contributed by atoms with E-state index in [4.69, 9.17) is 4.74 Å². The van der Waals surface area contributed by atoms with Crippen LogP contribution in [0.1, 0.15) is 53.7 Å². The Labute approximate surface area is 187 Å². The van der Waals surface area contributed by atoms with E-state index in [0.717, 1.165) is 54.2 Å². The predicted molar refractivity (Wildman–Crippen MR) is 123 cm³/mol. The molecule has 4 rings (SSSR count). The number of nitrogens with zero attached hydrogens (tertiary/aromatic N) is 2. The number of hydrogen-bond acceptors (Lipinski definition) is 6. The summed E-state index contributed by atoms with van der Waals surface area (Å²) in [7, 11) is 0.